The third-order valence-corrected chi connectivity index (χ3v) is 2.45. The molecular weight excluding hydrogens is 134 g/mol. The van der Waals surface area contributed by atoms with E-state index in [0.717, 1.165) is 18.9 Å². The summed E-state index contributed by atoms with van der Waals surface area (Å²) in [5.41, 5.74) is 0. The van der Waals surface area contributed by atoms with Crippen molar-refractivity contribution >= 4 is 0 Å². The second kappa shape index (κ2) is 4.41. The van der Waals surface area contributed by atoms with E-state index < -0.39 is 0 Å². The summed E-state index contributed by atoms with van der Waals surface area (Å²) in [5.74, 6) is 3.61. The van der Waals surface area contributed by atoms with Gasteiger partial charge in [-0.05, 0) is 31.8 Å². The summed E-state index contributed by atoms with van der Waals surface area (Å²) in [5, 5.41) is 0. The van der Waals surface area contributed by atoms with Crippen LogP contribution < -0.4 is 0 Å². The van der Waals surface area contributed by atoms with Gasteiger partial charge in [0.15, 0.2) is 0 Å². The molecule has 1 nitrogen and oxygen atoms in total. The van der Waals surface area contributed by atoms with Crippen molar-refractivity contribution in [2.24, 2.45) is 5.92 Å². The molecule has 0 saturated carbocycles. The average molecular weight is 151 g/mol. The van der Waals surface area contributed by atoms with Crippen LogP contribution in [0, 0.1) is 18.3 Å². The summed E-state index contributed by atoms with van der Waals surface area (Å²) >= 11 is 0. The molecule has 0 radical (unpaired) electrons. The van der Waals surface area contributed by atoms with Crippen molar-refractivity contribution in [2.45, 2.75) is 26.2 Å². The monoisotopic (exact) mass is 151 g/mol. The first-order valence-corrected chi connectivity index (χ1v) is 4.48. The molecule has 1 aliphatic heterocycles. The van der Waals surface area contributed by atoms with Crippen LogP contribution in [0.5, 0.6) is 0 Å². The van der Waals surface area contributed by atoms with E-state index in [1.807, 2.05) is 0 Å². The maximum atomic E-state index is 5.20. The van der Waals surface area contributed by atoms with Gasteiger partial charge in [0.25, 0.3) is 0 Å². The molecule has 0 spiro atoms. The molecule has 0 bridgehead atoms. The van der Waals surface area contributed by atoms with Gasteiger partial charge in [-0.2, -0.15) is 0 Å². The molecule has 62 valence electrons. The Bertz CT molecular complexity index is 137. The lowest BCUT2D eigenvalue weighted by Gasteiger charge is -2.29. The summed E-state index contributed by atoms with van der Waals surface area (Å²) < 4.78 is 0. The zero-order chi connectivity index (χ0) is 8.10. The highest BCUT2D eigenvalue weighted by molar-refractivity contribution is 4.85. The molecule has 1 aliphatic rings. The largest absolute Gasteiger partial charge is 0.302 e. The van der Waals surface area contributed by atoms with Crippen molar-refractivity contribution in [3.8, 4) is 12.3 Å². The molecule has 1 heteroatoms. The highest BCUT2D eigenvalue weighted by Crippen LogP contribution is 2.15. The SMILES string of the molecule is C#CCCN1CCC(C)CC1. The second-order valence-electron chi connectivity index (χ2n) is 3.48. The van der Waals surface area contributed by atoms with Crippen molar-refractivity contribution in [2.75, 3.05) is 19.6 Å². The predicted octanol–water partition coefficient (Wildman–Crippen LogP) is 1.74. The maximum Gasteiger partial charge on any atom is 0.0214 e. The van der Waals surface area contributed by atoms with Crippen molar-refractivity contribution in [3.05, 3.63) is 0 Å². The fourth-order valence-electron chi connectivity index (χ4n) is 1.51. The van der Waals surface area contributed by atoms with Crippen LogP contribution in [-0.2, 0) is 0 Å². The van der Waals surface area contributed by atoms with Gasteiger partial charge in [-0.15, -0.1) is 12.3 Å². The third-order valence-electron chi connectivity index (χ3n) is 2.45. The van der Waals surface area contributed by atoms with Gasteiger partial charge in [0.2, 0.25) is 0 Å². The summed E-state index contributed by atoms with van der Waals surface area (Å²) in [6.07, 6.45) is 8.81. The lowest BCUT2D eigenvalue weighted by atomic mass is 9.99. The van der Waals surface area contributed by atoms with Crippen LogP contribution in [0.3, 0.4) is 0 Å². The number of hydrogen-bond acceptors (Lipinski definition) is 1. The maximum absolute atomic E-state index is 5.20. The topological polar surface area (TPSA) is 3.24 Å². The molecule has 1 fully saturated rings. The van der Waals surface area contributed by atoms with Gasteiger partial charge in [0.1, 0.15) is 0 Å². The Balaban J connectivity index is 2.13. The zero-order valence-corrected chi connectivity index (χ0v) is 7.34. The molecule has 0 aliphatic carbocycles. The van der Waals surface area contributed by atoms with E-state index in [1.165, 1.54) is 25.9 Å². The Morgan fingerprint density at radius 1 is 1.45 bits per heavy atom. The number of rotatable bonds is 2. The van der Waals surface area contributed by atoms with Gasteiger partial charge in [0.05, 0.1) is 0 Å². The van der Waals surface area contributed by atoms with Gasteiger partial charge < -0.3 is 4.90 Å². The van der Waals surface area contributed by atoms with Crippen LogP contribution in [0.2, 0.25) is 0 Å². The van der Waals surface area contributed by atoms with Crippen molar-refractivity contribution in [1.29, 1.82) is 0 Å². The molecule has 0 aromatic carbocycles. The van der Waals surface area contributed by atoms with Crippen LogP contribution in [-0.4, -0.2) is 24.5 Å². The summed E-state index contributed by atoms with van der Waals surface area (Å²) in [6.45, 7) is 5.94. The molecule has 1 rings (SSSR count). The van der Waals surface area contributed by atoms with E-state index in [-0.39, 0.29) is 0 Å². The summed E-state index contributed by atoms with van der Waals surface area (Å²) in [7, 11) is 0. The Morgan fingerprint density at radius 3 is 2.64 bits per heavy atom. The third kappa shape index (κ3) is 2.95. The van der Waals surface area contributed by atoms with Gasteiger partial charge in [-0.1, -0.05) is 6.92 Å². The minimum Gasteiger partial charge on any atom is -0.302 e. The van der Waals surface area contributed by atoms with Crippen molar-refractivity contribution in [3.63, 3.8) is 0 Å². The van der Waals surface area contributed by atoms with Gasteiger partial charge in [-0.25, -0.2) is 0 Å². The average Bonchev–Trinajstić information content (AvgIpc) is 2.04. The van der Waals surface area contributed by atoms with E-state index in [4.69, 9.17) is 6.42 Å². The van der Waals surface area contributed by atoms with Crippen LogP contribution in [0.4, 0.5) is 0 Å². The predicted molar refractivity (Wildman–Crippen MR) is 48.3 cm³/mol. The molecule has 0 N–H and O–H groups in total. The normalized spacial score (nSPS) is 21.5. The number of likely N-dealkylation sites (tertiary alicyclic amines) is 1. The highest BCUT2D eigenvalue weighted by Gasteiger charge is 2.13. The Labute approximate surface area is 69.8 Å². The first-order chi connectivity index (χ1) is 5.33. The van der Waals surface area contributed by atoms with E-state index in [1.54, 1.807) is 0 Å². The van der Waals surface area contributed by atoms with Crippen molar-refractivity contribution in [1.82, 2.24) is 4.90 Å². The number of hydrogen-bond donors (Lipinski definition) is 0. The smallest absolute Gasteiger partial charge is 0.0214 e. The van der Waals surface area contributed by atoms with E-state index in [2.05, 4.69) is 17.7 Å². The molecule has 1 saturated heterocycles. The fourth-order valence-corrected chi connectivity index (χ4v) is 1.51. The number of nitrogens with zero attached hydrogens (tertiary/aromatic N) is 1. The molecule has 0 aromatic heterocycles. The van der Waals surface area contributed by atoms with Crippen LogP contribution in [0.25, 0.3) is 0 Å². The Kier molecular flexibility index (Phi) is 3.45. The Hall–Kier alpha value is -0.480. The minimum atomic E-state index is 0.911. The molecule has 1 heterocycles. The van der Waals surface area contributed by atoms with Crippen molar-refractivity contribution < 1.29 is 0 Å². The zero-order valence-electron chi connectivity index (χ0n) is 7.34. The minimum absolute atomic E-state index is 0.911. The van der Waals surface area contributed by atoms with E-state index in [0.29, 0.717) is 0 Å². The lowest BCUT2D eigenvalue weighted by Crippen LogP contribution is -2.33. The first kappa shape index (κ1) is 8.62. The summed E-state index contributed by atoms with van der Waals surface area (Å²) in [6, 6.07) is 0. The molecular formula is C10H17N. The molecule has 0 amide bonds. The first-order valence-electron chi connectivity index (χ1n) is 4.48. The Morgan fingerprint density at radius 2 is 2.09 bits per heavy atom. The van der Waals surface area contributed by atoms with Crippen LogP contribution >= 0.6 is 0 Å². The van der Waals surface area contributed by atoms with Gasteiger partial charge in [-0.3, -0.25) is 0 Å². The lowest BCUT2D eigenvalue weighted by molar-refractivity contribution is 0.196. The van der Waals surface area contributed by atoms with Crippen LogP contribution in [0.15, 0.2) is 0 Å². The van der Waals surface area contributed by atoms with Gasteiger partial charge >= 0.3 is 0 Å². The summed E-state index contributed by atoms with van der Waals surface area (Å²) in [4.78, 5) is 2.47. The second-order valence-corrected chi connectivity index (χ2v) is 3.48. The van der Waals surface area contributed by atoms with E-state index >= 15 is 0 Å². The van der Waals surface area contributed by atoms with Crippen LogP contribution in [0.1, 0.15) is 26.2 Å². The quantitative estimate of drug-likeness (QED) is 0.543. The number of terminal acetylenes is 1. The fraction of sp³-hybridized carbons (Fsp3) is 0.800. The molecule has 0 aromatic rings. The highest BCUT2D eigenvalue weighted by atomic mass is 15.1. The molecule has 0 atom stereocenters. The van der Waals surface area contributed by atoms with Gasteiger partial charge in [0, 0.05) is 13.0 Å². The molecule has 0 unspecified atom stereocenters. The standard InChI is InChI=1S/C10H17N/c1-3-4-7-11-8-5-10(2)6-9-11/h1,10H,4-9H2,2H3. The molecule has 11 heavy (non-hydrogen) atoms. The number of piperidine rings is 1. The van der Waals surface area contributed by atoms with E-state index in [9.17, 15) is 0 Å².